The highest BCUT2D eigenvalue weighted by Crippen LogP contribution is 2.42. The van der Waals surface area contributed by atoms with E-state index in [0.29, 0.717) is 6.04 Å². The lowest BCUT2D eigenvalue weighted by Crippen LogP contribution is -2.53. The summed E-state index contributed by atoms with van der Waals surface area (Å²) in [6, 6.07) is 41.6. The van der Waals surface area contributed by atoms with E-state index in [4.69, 9.17) is 9.53 Å². The minimum absolute atomic E-state index is 0.0808. The van der Waals surface area contributed by atoms with E-state index < -0.39 is 25.5 Å². The van der Waals surface area contributed by atoms with Crippen molar-refractivity contribution >= 4 is 14.3 Å². The van der Waals surface area contributed by atoms with Crippen LogP contribution in [0, 0.1) is 0 Å². The van der Waals surface area contributed by atoms with Gasteiger partial charge in [-0.3, -0.25) is 4.79 Å². The summed E-state index contributed by atoms with van der Waals surface area (Å²) in [5.74, 6) is -0.720. The molecule has 0 amide bonds. The van der Waals surface area contributed by atoms with E-state index in [9.17, 15) is 9.90 Å². The lowest BCUT2D eigenvalue weighted by atomic mass is 9.79. The molecule has 0 unspecified atom stereocenters. The van der Waals surface area contributed by atoms with Crippen molar-refractivity contribution in [1.29, 1.82) is 0 Å². The van der Waals surface area contributed by atoms with Gasteiger partial charge in [-0.15, -0.1) is 0 Å². The SMILES string of the molecule is C[Si](C)(C)OC(c1ccccc1)(c1ccccc1)[C@@H]1CCCN1.O=C(O)[C@@H]1CCCN1.OC(c1ccccc1)(c1ccccc1)[C@@H]1CCCN1. The van der Waals surface area contributed by atoms with Crippen LogP contribution in [-0.2, 0) is 20.4 Å². The molecule has 8 heteroatoms. The highest BCUT2D eigenvalue weighted by molar-refractivity contribution is 6.69. The van der Waals surface area contributed by atoms with Crippen LogP contribution in [0.1, 0.15) is 60.8 Å². The van der Waals surface area contributed by atoms with Crippen molar-refractivity contribution in [2.45, 2.75) is 87.5 Å². The van der Waals surface area contributed by atoms with E-state index in [1.54, 1.807) is 0 Å². The molecule has 7 nitrogen and oxygen atoms in total. The van der Waals surface area contributed by atoms with E-state index in [-0.39, 0.29) is 12.1 Å². The number of hydrogen-bond donors (Lipinski definition) is 5. The molecule has 0 saturated carbocycles. The van der Waals surface area contributed by atoms with Crippen molar-refractivity contribution in [3.8, 4) is 0 Å². The van der Waals surface area contributed by atoms with Crippen molar-refractivity contribution < 1.29 is 19.4 Å². The molecular formula is C42H55N3O4Si. The number of carboxylic acid groups (broad SMARTS) is 1. The zero-order valence-corrected chi connectivity index (χ0v) is 30.9. The molecule has 3 atom stereocenters. The lowest BCUT2D eigenvalue weighted by Gasteiger charge is -2.44. The molecule has 0 radical (unpaired) electrons. The molecule has 7 rings (SSSR count). The largest absolute Gasteiger partial charge is 0.480 e. The van der Waals surface area contributed by atoms with Crippen LogP contribution < -0.4 is 16.0 Å². The summed E-state index contributed by atoms with van der Waals surface area (Å²) in [5, 5.41) is 29.8. The number of aliphatic carboxylic acids is 1. The zero-order chi connectivity index (χ0) is 35.5. The standard InChI is InChI=1S/C20H27NOSi.C17H19NO.C5H9NO2/c1-23(2,3)22-20(19-15-10-16-21-19,17-11-6-4-7-12-17)18-13-8-5-9-14-18;19-17(16-12-7-13-18-16,14-8-3-1-4-9-14)15-10-5-2-6-11-15;7-5(8)4-2-1-3-6-4/h4-9,11-14,19,21H,10,15-16H2,1-3H3;1-6,8-11,16,18-19H,7,12-13H2;4,6H,1-3H2,(H,7,8)/t19-;16-;4-/m000/s1. The van der Waals surface area contributed by atoms with Crippen LogP contribution in [0.3, 0.4) is 0 Å². The van der Waals surface area contributed by atoms with Crippen molar-refractivity contribution in [3.63, 3.8) is 0 Å². The third-order valence-electron chi connectivity index (χ3n) is 9.77. The van der Waals surface area contributed by atoms with Gasteiger partial charge >= 0.3 is 5.97 Å². The van der Waals surface area contributed by atoms with Gasteiger partial charge in [0.1, 0.15) is 17.2 Å². The maximum Gasteiger partial charge on any atom is 0.320 e. The smallest absolute Gasteiger partial charge is 0.320 e. The number of aliphatic hydroxyl groups is 1. The number of nitrogens with one attached hydrogen (secondary N) is 3. The van der Waals surface area contributed by atoms with E-state index in [1.165, 1.54) is 17.5 Å². The van der Waals surface area contributed by atoms with Gasteiger partial charge in [0.25, 0.3) is 0 Å². The molecule has 3 saturated heterocycles. The Morgan fingerprint density at radius 1 is 0.600 bits per heavy atom. The second kappa shape index (κ2) is 17.5. The second-order valence-electron chi connectivity index (χ2n) is 14.5. The van der Waals surface area contributed by atoms with Gasteiger partial charge in [0.05, 0.1) is 0 Å². The van der Waals surface area contributed by atoms with Crippen LogP contribution in [0.25, 0.3) is 0 Å². The van der Waals surface area contributed by atoms with Gasteiger partial charge in [0.2, 0.25) is 0 Å². The van der Waals surface area contributed by atoms with Gasteiger partial charge < -0.3 is 30.6 Å². The molecule has 3 fully saturated rings. The average Bonchev–Trinajstić information content (AvgIpc) is 3.97. The summed E-state index contributed by atoms with van der Waals surface area (Å²) in [7, 11) is -1.77. The quantitative estimate of drug-likeness (QED) is 0.120. The Morgan fingerprint density at radius 3 is 1.30 bits per heavy atom. The summed E-state index contributed by atoms with van der Waals surface area (Å²) >= 11 is 0. The molecule has 0 bridgehead atoms. The molecule has 5 N–H and O–H groups in total. The molecule has 3 heterocycles. The first-order chi connectivity index (χ1) is 24.1. The fourth-order valence-corrected chi connectivity index (χ4v) is 8.88. The van der Waals surface area contributed by atoms with Gasteiger partial charge in [-0.05, 0) is 100 Å². The maximum absolute atomic E-state index is 11.4. The minimum Gasteiger partial charge on any atom is -0.480 e. The highest BCUT2D eigenvalue weighted by atomic mass is 28.4. The number of carboxylic acids is 1. The van der Waals surface area contributed by atoms with Crippen molar-refractivity contribution in [1.82, 2.24) is 16.0 Å². The molecule has 4 aromatic carbocycles. The summed E-state index contributed by atoms with van der Waals surface area (Å²) in [6.45, 7) is 9.75. The molecule has 50 heavy (non-hydrogen) atoms. The molecule has 0 aliphatic carbocycles. The predicted octanol–water partition coefficient (Wildman–Crippen LogP) is 7.03. The van der Waals surface area contributed by atoms with E-state index in [1.807, 2.05) is 60.7 Å². The third kappa shape index (κ3) is 9.17. The minimum atomic E-state index is -1.77. The number of rotatable bonds is 9. The Kier molecular flexibility index (Phi) is 13.2. The number of hydrogen-bond acceptors (Lipinski definition) is 6. The first-order valence-electron chi connectivity index (χ1n) is 18.2. The Morgan fingerprint density at radius 2 is 0.980 bits per heavy atom. The van der Waals surface area contributed by atoms with Gasteiger partial charge in [0.15, 0.2) is 8.32 Å². The van der Waals surface area contributed by atoms with Gasteiger partial charge in [-0.25, -0.2) is 0 Å². The zero-order valence-electron chi connectivity index (χ0n) is 29.9. The fourth-order valence-electron chi connectivity index (χ4n) is 7.53. The highest BCUT2D eigenvalue weighted by Gasteiger charge is 2.47. The third-order valence-corrected chi connectivity index (χ3v) is 10.7. The molecule has 3 aliphatic rings. The van der Waals surface area contributed by atoms with E-state index in [0.717, 1.165) is 62.9 Å². The average molecular weight is 694 g/mol. The van der Waals surface area contributed by atoms with Crippen LogP contribution >= 0.6 is 0 Å². The Labute approximate surface area is 299 Å². The predicted molar refractivity (Wildman–Crippen MR) is 205 cm³/mol. The van der Waals surface area contributed by atoms with Crippen LogP contribution in [-0.4, -0.2) is 62.3 Å². The normalized spacial score (nSPS) is 20.7. The summed E-state index contributed by atoms with van der Waals surface area (Å²) in [4.78, 5) is 10.1. The van der Waals surface area contributed by atoms with E-state index in [2.05, 4.69) is 96.3 Å². The topological polar surface area (TPSA) is 103 Å². The Balaban J connectivity index is 0.000000161. The van der Waals surface area contributed by atoms with Crippen molar-refractivity contribution in [2.75, 3.05) is 19.6 Å². The van der Waals surface area contributed by atoms with E-state index >= 15 is 0 Å². The van der Waals surface area contributed by atoms with Crippen LogP contribution in [0.4, 0.5) is 0 Å². The number of carbonyl (C=O) groups is 1. The fraction of sp³-hybridized carbons (Fsp3) is 0.405. The van der Waals surface area contributed by atoms with Crippen molar-refractivity contribution in [2.24, 2.45) is 0 Å². The van der Waals surface area contributed by atoms with Crippen LogP contribution in [0.15, 0.2) is 121 Å². The number of benzene rings is 4. The second-order valence-corrected chi connectivity index (χ2v) is 18.9. The molecule has 3 aliphatic heterocycles. The Bertz CT molecular complexity index is 1490. The first-order valence-corrected chi connectivity index (χ1v) is 21.6. The molecular weight excluding hydrogens is 639 g/mol. The monoisotopic (exact) mass is 693 g/mol. The van der Waals surface area contributed by atoms with Crippen LogP contribution in [0.2, 0.25) is 19.6 Å². The molecule has 266 valence electrons. The molecule has 0 spiro atoms. The van der Waals surface area contributed by atoms with Gasteiger partial charge in [0, 0.05) is 12.1 Å². The first kappa shape index (κ1) is 37.6. The summed E-state index contributed by atoms with van der Waals surface area (Å²) in [6.07, 6.45) is 6.26. The molecule has 0 aromatic heterocycles. The summed E-state index contributed by atoms with van der Waals surface area (Å²) in [5.41, 5.74) is 3.09. The Hall–Kier alpha value is -3.63. The van der Waals surface area contributed by atoms with Crippen molar-refractivity contribution in [3.05, 3.63) is 144 Å². The molecule has 4 aromatic rings. The maximum atomic E-state index is 11.4. The lowest BCUT2D eigenvalue weighted by molar-refractivity contribution is -0.139. The van der Waals surface area contributed by atoms with Gasteiger partial charge in [-0.2, -0.15) is 0 Å². The van der Waals surface area contributed by atoms with Gasteiger partial charge in [-0.1, -0.05) is 121 Å². The van der Waals surface area contributed by atoms with Crippen LogP contribution in [0.5, 0.6) is 0 Å². The summed E-state index contributed by atoms with van der Waals surface area (Å²) < 4.78 is 6.96.